The minimum atomic E-state index is 0.0424. The zero-order valence-electron chi connectivity index (χ0n) is 15.1. The van der Waals surface area contributed by atoms with Gasteiger partial charge >= 0.3 is 0 Å². The minimum absolute atomic E-state index is 0.0424. The fourth-order valence-electron chi connectivity index (χ4n) is 3.35. The average Bonchev–Trinajstić information content (AvgIpc) is 3.11. The van der Waals surface area contributed by atoms with E-state index in [0.717, 1.165) is 19.4 Å². The second-order valence-corrected chi connectivity index (χ2v) is 6.60. The summed E-state index contributed by atoms with van der Waals surface area (Å²) in [4.78, 5) is 15.0. The van der Waals surface area contributed by atoms with Gasteiger partial charge < -0.3 is 14.4 Å². The van der Waals surface area contributed by atoms with Gasteiger partial charge in [-0.25, -0.2) is 0 Å². The number of likely N-dealkylation sites (tertiary alicyclic amines) is 1. The van der Waals surface area contributed by atoms with Gasteiger partial charge in [-0.3, -0.25) is 4.79 Å². The van der Waals surface area contributed by atoms with Crippen LogP contribution < -0.4 is 9.47 Å². The Balaban J connectivity index is 1.85. The van der Waals surface area contributed by atoms with E-state index in [1.807, 2.05) is 49.1 Å². The Morgan fingerprint density at radius 2 is 1.88 bits per heavy atom. The molecule has 132 valence electrons. The number of hydrogen-bond acceptors (Lipinski definition) is 3. The number of carbonyl (C=O) groups is 1. The predicted octanol–water partition coefficient (Wildman–Crippen LogP) is 4.46. The lowest BCUT2D eigenvalue weighted by Gasteiger charge is -2.25. The van der Waals surface area contributed by atoms with Crippen LogP contribution in [0.2, 0.25) is 0 Å². The molecule has 3 rings (SSSR count). The molecule has 2 aromatic carbocycles. The van der Waals surface area contributed by atoms with Crippen molar-refractivity contribution in [2.75, 3.05) is 13.7 Å². The maximum atomic E-state index is 13.1. The molecule has 4 nitrogen and oxygen atoms in total. The molecule has 1 heterocycles. The molecule has 1 aliphatic heterocycles. The van der Waals surface area contributed by atoms with Crippen molar-refractivity contribution < 1.29 is 14.3 Å². The Hall–Kier alpha value is -2.49. The number of methoxy groups -OCH3 is 1. The van der Waals surface area contributed by atoms with Crippen LogP contribution in [0.4, 0.5) is 0 Å². The molecule has 0 saturated carbocycles. The average molecular weight is 339 g/mol. The van der Waals surface area contributed by atoms with E-state index < -0.39 is 0 Å². The smallest absolute Gasteiger partial charge is 0.254 e. The summed E-state index contributed by atoms with van der Waals surface area (Å²) in [6.45, 7) is 4.71. The second-order valence-electron chi connectivity index (χ2n) is 6.60. The highest BCUT2D eigenvalue weighted by Crippen LogP contribution is 2.35. The Morgan fingerprint density at radius 1 is 1.12 bits per heavy atom. The first-order valence-electron chi connectivity index (χ1n) is 8.80. The van der Waals surface area contributed by atoms with Crippen molar-refractivity contribution in [2.45, 2.75) is 38.8 Å². The summed E-state index contributed by atoms with van der Waals surface area (Å²) in [6.07, 6.45) is 2.08. The van der Waals surface area contributed by atoms with Crippen LogP contribution in [0.15, 0.2) is 48.5 Å². The quantitative estimate of drug-likeness (QED) is 0.807. The second kappa shape index (κ2) is 7.60. The first-order valence-corrected chi connectivity index (χ1v) is 8.80. The van der Waals surface area contributed by atoms with Crippen molar-refractivity contribution in [3.8, 4) is 11.5 Å². The number of rotatable bonds is 5. The molecule has 0 spiro atoms. The molecule has 1 atom stereocenters. The van der Waals surface area contributed by atoms with Crippen LogP contribution in [0.5, 0.6) is 11.5 Å². The van der Waals surface area contributed by atoms with Crippen LogP contribution in [0.1, 0.15) is 48.7 Å². The summed E-state index contributed by atoms with van der Waals surface area (Å²) in [5.74, 6) is 1.30. The van der Waals surface area contributed by atoms with E-state index in [0.29, 0.717) is 17.1 Å². The summed E-state index contributed by atoms with van der Waals surface area (Å²) in [5.41, 5.74) is 1.83. The van der Waals surface area contributed by atoms with Crippen LogP contribution in [-0.4, -0.2) is 30.6 Å². The highest BCUT2D eigenvalue weighted by atomic mass is 16.5. The number of benzene rings is 2. The highest BCUT2D eigenvalue weighted by molar-refractivity contribution is 5.95. The molecular weight excluding hydrogens is 314 g/mol. The summed E-state index contributed by atoms with van der Waals surface area (Å²) in [6, 6.07) is 15.8. The van der Waals surface area contributed by atoms with Crippen molar-refractivity contribution in [3.05, 3.63) is 59.7 Å². The van der Waals surface area contributed by atoms with E-state index in [2.05, 4.69) is 12.1 Å². The zero-order chi connectivity index (χ0) is 17.8. The minimum Gasteiger partial charge on any atom is -0.493 e. The Labute approximate surface area is 149 Å². The van der Waals surface area contributed by atoms with E-state index in [4.69, 9.17) is 9.47 Å². The van der Waals surface area contributed by atoms with Gasteiger partial charge in [0.1, 0.15) is 0 Å². The van der Waals surface area contributed by atoms with E-state index in [1.165, 1.54) is 5.56 Å². The summed E-state index contributed by atoms with van der Waals surface area (Å²) >= 11 is 0. The van der Waals surface area contributed by atoms with Crippen molar-refractivity contribution in [1.82, 2.24) is 4.90 Å². The van der Waals surface area contributed by atoms with Crippen LogP contribution in [0.25, 0.3) is 0 Å². The van der Waals surface area contributed by atoms with Gasteiger partial charge in [0.25, 0.3) is 5.91 Å². The zero-order valence-corrected chi connectivity index (χ0v) is 15.1. The van der Waals surface area contributed by atoms with Crippen molar-refractivity contribution in [3.63, 3.8) is 0 Å². The molecule has 0 aromatic heterocycles. The predicted molar refractivity (Wildman–Crippen MR) is 98.2 cm³/mol. The molecule has 25 heavy (non-hydrogen) atoms. The SMILES string of the molecule is COc1cc(C(=O)N2CCCC2c2ccccc2)ccc1OC(C)C. The lowest BCUT2D eigenvalue weighted by Crippen LogP contribution is -2.30. The molecule has 0 radical (unpaired) electrons. The van der Waals surface area contributed by atoms with Gasteiger partial charge in [0, 0.05) is 12.1 Å². The van der Waals surface area contributed by atoms with E-state index in [-0.39, 0.29) is 18.1 Å². The molecule has 2 aromatic rings. The van der Waals surface area contributed by atoms with Gasteiger partial charge in [0.2, 0.25) is 0 Å². The molecule has 1 fully saturated rings. The van der Waals surface area contributed by atoms with Gasteiger partial charge in [0.15, 0.2) is 11.5 Å². The summed E-state index contributed by atoms with van der Waals surface area (Å²) in [7, 11) is 1.60. The van der Waals surface area contributed by atoms with Gasteiger partial charge in [-0.1, -0.05) is 30.3 Å². The highest BCUT2D eigenvalue weighted by Gasteiger charge is 2.30. The normalized spacial score (nSPS) is 17.0. The fourth-order valence-corrected chi connectivity index (χ4v) is 3.35. The van der Waals surface area contributed by atoms with Crippen LogP contribution in [0, 0.1) is 0 Å². The summed E-state index contributed by atoms with van der Waals surface area (Å²) < 4.78 is 11.2. The topological polar surface area (TPSA) is 38.8 Å². The third-order valence-electron chi connectivity index (χ3n) is 4.47. The summed E-state index contributed by atoms with van der Waals surface area (Å²) in [5, 5.41) is 0. The molecule has 0 N–H and O–H groups in total. The molecule has 0 aliphatic carbocycles. The van der Waals surface area contributed by atoms with E-state index in [9.17, 15) is 4.79 Å². The number of ether oxygens (including phenoxy) is 2. The Morgan fingerprint density at radius 3 is 2.56 bits per heavy atom. The molecule has 0 bridgehead atoms. The third kappa shape index (κ3) is 3.78. The molecular formula is C21H25NO3. The lowest BCUT2D eigenvalue weighted by molar-refractivity contribution is 0.0735. The first-order chi connectivity index (χ1) is 12.1. The Kier molecular flexibility index (Phi) is 5.27. The van der Waals surface area contributed by atoms with Gasteiger partial charge in [-0.05, 0) is 50.5 Å². The molecule has 1 saturated heterocycles. The molecule has 4 heteroatoms. The van der Waals surface area contributed by atoms with Crippen molar-refractivity contribution >= 4 is 5.91 Å². The van der Waals surface area contributed by atoms with Crippen LogP contribution >= 0.6 is 0 Å². The lowest BCUT2D eigenvalue weighted by atomic mass is 10.0. The number of hydrogen-bond donors (Lipinski definition) is 0. The van der Waals surface area contributed by atoms with Crippen LogP contribution in [-0.2, 0) is 0 Å². The van der Waals surface area contributed by atoms with Gasteiger partial charge in [-0.15, -0.1) is 0 Å². The molecule has 1 aliphatic rings. The van der Waals surface area contributed by atoms with Crippen molar-refractivity contribution in [2.24, 2.45) is 0 Å². The number of nitrogens with zero attached hydrogens (tertiary/aromatic N) is 1. The molecule has 1 amide bonds. The fraction of sp³-hybridized carbons (Fsp3) is 0.381. The van der Waals surface area contributed by atoms with Crippen molar-refractivity contribution in [1.29, 1.82) is 0 Å². The standard InChI is InChI=1S/C21H25NO3/c1-15(2)25-19-12-11-17(14-20(19)24-3)21(23)22-13-7-10-18(22)16-8-5-4-6-9-16/h4-6,8-9,11-12,14-15,18H,7,10,13H2,1-3H3. The number of amides is 1. The number of carbonyl (C=O) groups excluding carboxylic acids is 1. The van der Waals surface area contributed by atoms with Crippen LogP contribution in [0.3, 0.4) is 0 Å². The van der Waals surface area contributed by atoms with Gasteiger partial charge in [-0.2, -0.15) is 0 Å². The monoisotopic (exact) mass is 339 g/mol. The Bertz CT molecular complexity index is 727. The van der Waals surface area contributed by atoms with E-state index in [1.54, 1.807) is 13.2 Å². The van der Waals surface area contributed by atoms with Gasteiger partial charge in [0.05, 0.1) is 19.3 Å². The largest absolute Gasteiger partial charge is 0.493 e. The maximum Gasteiger partial charge on any atom is 0.254 e. The first kappa shape index (κ1) is 17.3. The molecule has 1 unspecified atom stereocenters. The third-order valence-corrected chi connectivity index (χ3v) is 4.47. The van der Waals surface area contributed by atoms with E-state index >= 15 is 0 Å². The maximum absolute atomic E-state index is 13.1.